The van der Waals surface area contributed by atoms with Gasteiger partial charge in [-0.25, -0.2) is 0 Å². The molecule has 0 saturated carbocycles. The molecule has 0 saturated heterocycles. The predicted octanol–water partition coefficient (Wildman–Crippen LogP) is 17.0. The van der Waals surface area contributed by atoms with E-state index in [0.717, 1.165) is 17.1 Å². The van der Waals surface area contributed by atoms with Crippen LogP contribution in [0.15, 0.2) is 224 Å². The van der Waals surface area contributed by atoms with Gasteiger partial charge < -0.3 is 9.47 Å². The third-order valence-electron chi connectivity index (χ3n) is 13.6. The van der Waals surface area contributed by atoms with Gasteiger partial charge >= 0.3 is 0 Å². The topological polar surface area (TPSA) is 8.17 Å². The largest absolute Gasteiger partial charge is 0.311 e. The van der Waals surface area contributed by atoms with Gasteiger partial charge in [0.1, 0.15) is 0 Å². The summed E-state index contributed by atoms with van der Waals surface area (Å²) in [4.78, 5) is 2.35. The van der Waals surface area contributed by atoms with E-state index in [4.69, 9.17) is 0 Å². The average Bonchev–Trinajstić information content (AvgIpc) is 3.78. The van der Waals surface area contributed by atoms with E-state index in [-0.39, 0.29) is 5.41 Å². The van der Waals surface area contributed by atoms with Crippen LogP contribution in [0, 0.1) is 6.92 Å². The highest BCUT2D eigenvalue weighted by Gasteiger charge is 2.36. The number of anilines is 3. The van der Waals surface area contributed by atoms with E-state index >= 15 is 0 Å². The summed E-state index contributed by atoms with van der Waals surface area (Å²) in [6, 6.07) is 82.7. The molecule has 1 aliphatic carbocycles. The van der Waals surface area contributed by atoms with Crippen LogP contribution in [0.1, 0.15) is 30.5 Å². The number of benzene rings is 10. The quantitative estimate of drug-likeness (QED) is 0.156. The maximum atomic E-state index is 2.42. The molecule has 0 spiro atoms. The summed E-state index contributed by atoms with van der Waals surface area (Å²) in [6.45, 7) is 6.91. The minimum absolute atomic E-state index is 0.108. The fourth-order valence-corrected chi connectivity index (χ4v) is 10.3. The van der Waals surface area contributed by atoms with Crippen LogP contribution in [-0.2, 0) is 5.41 Å². The van der Waals surface area contributed by atoms with Crippen molar-refractivity contribution in [3.63, 3.8) is 0 Å². The first kappa shape index (κ1) is 37.8. The van der Waals surface area contributed by atoms with Crippen molar-refractivity contribution in [2.45, 2.75) is 26.2 Å². The van der Waals surface area contributed by atoms with Crippen LogP contribution < -0.4 is 4.90 Å². The Hall–Kier alpha value is -7.94. The lowest BCUT2D eigenvalue weighted by atomic mass is 9.81. The van der Waals surface area contributed by atoms with Crippen molar-refractivity contribution in [1.82, 2.24) is 4.57 Å². The minimum atomic E-state index is -0.108. The summed E-state index contributed by atoms with van der Waals surface area (Å²) in [6.07, 6.45) is 0. The van der Waals surface area contributed by atoms with Crippen molar-refractivity contribution >= 4 is 49.6 Å². The molecule has 1 aliphatic rings. The predicted molar refractivity (Wildman–Crippen MR) is 272 cm³/mol. The van der Waals surface area contributed by atoms with E-state index in [9.17, 15) is 0 Å². The molecule has 0 radical (unpaired) electrons. The lowest BCUT2D eigenvalue weighted by molar-refractivity contribution is 0.661. The highest BCUT2D eigenvalue weighted by atomic mass is 15.1. The summed E-state index contributed by atoms with van der Waals surface area (Å²) in [5, 5.41) is 5.01. The average molecular weight is 819 g/mol. The van der Waals surface area contributed by atoms with Crippen molar-refractivity contribution in [2.24, 2.45) is 0 Å². The molecule has 0 aliphatic heterocycles. The second-order valence-corrected chi connectivity index (χ2v) is 17.9. The smallest absolute Gasteiger partial charge is 0.0543 e. The van der Waals surface area contributed by atoms with E-state index < -0.39 is 0 Å². The molecule has 2 heteroatoms. The van der Waals surface area contributed by atoms with Crippen LogP contribution in [0.2, 0.25) is 0 Å². The normalized spacial score (nSPS) is 12.7. The highest BCUT2D eigenvalue weighted by molar-refractivity contribution is 6.11. The van der Waals surface area contributed by atoms with Gasteiger partial charge in [-0.2, -0.15) is 0 Å². The number of para-hydroxylation sites is 1. The maximum Gasteiger partial charge on any atom is 0.0543 e. The number of nitrogens with zero attached hydrogens (tertiary/aromatic N) is 2. The zero-order chi connectivity index (χ0) is 42.9. The summed E-state index contributed by atoms with van der Waals surface area (Å²) >= 11 is 0. The minimum Gasteiger partial charge on any atom is -0.311 e. The number of hydrogen-bond donors (Lipinski definition) is 0. The van der Waals surface area contributed by atoms with E-state index in [1.54, 1.807) is 0 Å². The van der Waals surface area contributed by atoms with Gasteiger partial charge in [0, 0.05) is 38.9 Å². The van der Waals surface area contributed by atoms with Gasteiger partial charge in [0.2, 0.25) is 0 Å². The molecule has 10 aromatic carbocycles. The van der Waals surface area contributed by atoms with Gasteiger partial charge in [-0.3, -0.25) is 0 Å². The standard InChI is InChI=1S/C62H46N2/c1-41-18-32-56-57-38-47(26-35-60(57)64(61(56)36-41)53-31-23-43-14-10-11-15-46(43)37-53)44-19-27-51(28-20-44)63(50-16-8-5-9-17-50)52-29-21-45(22-30-52)49-25-34-55-54-33-24-48(42-12-6-4-7-13-42)39-58(54)62(2,3)59(55)40-49/h4-40H,1-3H3. The van der Waals surface area contributed by atoms with Crippen molar-refractivity contribution in [3.05, 3.63) is 241 Å². The Balaban J connectivity index is 0.865. The Kier molecular flexibility index (Phi) is 8.77. The third kappa shape index (κ3) is 6.25. The van der Waals surface area contributed by atoms with Gasteiger partial charge in [-0.15, -0.1) is 0 Å². The molecule has 1 aromatic heterocycles. The molecule has 0 fully saturated rings. The molecule has 2 nitrogen and oxygen atoms in total. The van der Waals surface area contributed by atoms with Crippen LogP contribution >= 0.6 is 0 Å². The Bertz CT molecular complexity index is 3560. The van der Waals surface area contributed by atoms with Gasteiger partial charge in [-0.05, 0) is 158 Å². The molecule has 1 heterocycles. The summed E-state index contributed by atoms with van der Waals surface area (Å²) in [5.74, 6) is 0. The third-order valence-corrected chi connectivity index (χ3v) is 13.6. The van der Waals surface area contributed by atoms with Crippen LogP contribution in [0.25, 0.3) is 82.8 Å². The Morgan fingerprint density at radius 1 is 0.359 bits per heavy atom. The van der Waals surface area contributed by atoms with Crippen molar-refractivity contribution < 1.29 is 0 Å². The fourth-order valence-electron chi connectivity index (χ4n) is 10.3. The first-order valence-electron chi connectivity index (χ1n) is 22.3. The van der Waals surface area contributed by atoms with Crippen LogP contribution in [0.5, 0.6) is 0 Å². The monoisotopic (exact) mass is 818 g/mol. The van der Waals surface area contributed by atoms with Crippen LogP contribution in [0.4, 0.5) is 17.1 Å². The van der Waals surface area contributed by atoms with Gasteiger partial charge in [0.05, 0.1) is 11.0 Å². The molecule has 0 amide bonds. The molecule has 0 bridgehead atoms. The Morgan fingerprint density at radius 2 is 0.875 bits per heavy atom. The molecule has 64 heavy (non-hydrogen) atoms. The molecule has 11 aromatic rings. The second-order valence-electron chi connectivity index (χ2n) is 17.9. The number of fused-ring (bicyclic) bond motifs is 7. The number of aryl methyl sites for hydroxylation is 1. The summed E-state index contributed by atoms with van der Waals surface area (Å²) in [5.41, 5.74) is 20.9. The summed E-state index contributed by atoms with van der Waals surface area (Å²) < 4.78 is 2.42. The second kappa shape index (κ2) is 14.9. The van der Waals surface area contributed by atoms with Crippen molar-refractivity contribution in [2.75, 3.05) is 4.90 Å². The van der Waals surface area contributed by atoms with Crippen molar-refractivity contribution in [1.29, 1.82) is 0 Å². The number of aromatic nitrogens is 1. The van der Waals surface area contributed by atoms with E-state index in [1.807, 2.05) is 0 Å². The van der Waals surface area contributed by atoms with Gasteiger partial charge in [-0.1, -0.05) is 159 Å². The van der Waals surface area contributed by atoms with E-state index in [1.165, 1.54) is 99.5 Å². The number of hydrogen-bond acceptors (Lipinski definition) is 1. The zero-order valence-electron chi connectivity index (χ0n) is 36.3. The summed E-state index contributed by atoms with van der Waals surface area (Å²) in [7, 11) is 0. The van der Waals surface area contributed by atoms with Crippen LogP contribution in [-0.4, -0.2) is 4.57 Å². The Labute approximate surface area is 375 Å². The molecule has 12 rings (SSSR count). The Morgan fingerprint density at radius 3 is 1.52 bits per heavy atom. The molecular weight excluding hydrogens is 773 g/mol. The lowest BCUT2D eigenvalue weighted by Gasteiger charge is -2.26. The zero-order valence-corrected chi connectivity index (χ0v) is 36.3. The fraction of sp³-hybridized carbons (Fsp3) is 0.0645. The SMILES string of the molecule is Cc1ccc2c3cc(-c4ccc(N(c5ccccc5)c5ccc(-c6ccc7c(c6)C(C)(C)c6cc(-c8ccccc8)ccc6-7)cc5)cc4)ccc3n(-c3ccc4ccccc4c3)c2c1. The van der Waals surface area contributed by atoms with Gasteiger partial charge in [0.15, 0.2) is 0 Å². The molecular formula is C62H46N2. The molecule has 0 atom stereocenters. The molecule has 0 N–H and O–H groups in total. The first-order chi connectivity index (χ1) is 31.4. The van der Waals surface area contributed by atoms with E-state index in [2.05, 4.69) is 255 Å². The maximum absolute atomic E-state index is 2.42. The highest BCUT2D eigenvalue weighted by Crippen LogP contribution is 2.51. The van der Waals surface area contributed by atoms with Gasteiger partial charge in [0.25, 0.3) is 0 Å². The van der Waals surface area contributed by atoms with E-state index in [0.29, 0.717) is 0 Å². The first-order valence-corrected chi connectivity index (χ1v) is 22.3. The van der Waals surface area contributed by atoms with Crippen LogP contribution in [0.3, 0.4) is 0 Å². The molecule has 304 valence electrons. The molecule has 0 unspecified atom stereocenters. The van der Waals surface area contributed by atoms with Crippen molar-refractivity contribution in [3.8, 4) is 50.2 Å². The number of rotatable bonds is 7. The lowest BCUT2D eigenvalue weighted by Crippen LogP contribution is -2.15.